The molecule has 3 rings (SSSR count). The van der Waals surface area contributed by atoms with Gasteiger partial charge in [0.15, 0.2) is 0 Å². The lowest BCUT2D eigenvalue weighted by Crippen LogP contribution is -2.42. The van der Waals surface area contributed by atoms with E-state index in [1.807, 2.05) is 11.9 Å². The van der Waals surface area contributed by atoms with Gasteiger partial charge in [-0.25, -0.2) is 4.98 Å². The standard InChI is InChI=1S/C15H24N4O2/c1-17-12-16-9-14(17)15(20)19-7-4-8-21-13(11-19)10-18-5-2-3-6-18/h9,12-13H,2-8,10-11H2,1H3/t13-/m1/s1. The van der Waals surface area contributed by atoms with E-state index < -0.39 is 0 Å². The number of hydrogen-bond donors (Lipinski definition) is 0. The van der Waals surface area contributed by atoms with Crippen molar-refractivity contribution >= 4 is 5.91 Å². The Morgan fingerprint density at radius 2 is 2.14 bits per heavy atom. The van der Waals surface area contributed by atoms with Crippen molar-refractivity contribution in [2.75, 3.05) is 39.3 Å². The number of amides is 1. The van der Waals surface area contributed by atoms with Gasteiger partial charge in [-0.3, -0.25) is 4.79 Å². The fraction of sp³-hybridized carbons (Fsp3) is 0.733. The Bertz CT molecular complexity index is 482. The highest BCUT2D eigenvalue weighted by Crippen LogP contribution is 2.14. The molecule has 0 unspecified atom stereocenters. The molecule has 1 aromatic rings. The van der Waals surface area contributed by atoms with Gasteiger partial charge in [0.1, 0.15) is 5.69 Å². The van der Waals surface area contributed by atoms with Gasteiger partial charge in [0.2, 0.25) is 0 Å². The first-order chi connectivity index (χ1) is 10.2. The first-order valence-corrected chi connectivity index (χ1v) is 7.83. The third-order valence-electron chi connectivity index (χ3n) is 4.33. The summed E-state index contributed by atoms with van der Waals surface area (Å²) in [5, 5.41) is 0. The van der Waals surface area contributed by atoms with Crippen LogP contribution in [0.4, 0.5) is 0 Å². The van der Waals surface area contributed by atoms with Crippen LogP contribution in [0.3, 0.4) is 0 Å². The number of aryl methyl sites for hydroxylation is 1. The molecular formula is C15H24N4O2. The van der Waals surface area contributed by atoms with E-state index in [4.69, 9.17) is 4.74 Å². The summed E-state index contributed by atoms with van der Waals surface area (Å²) in [4.78, 5) is 21.0. The van der Waals surface area contributed by atoms with Gasteiger partial charge in [-0.1, -0.05) is 0 Å². The second kappa shape index (κ2) is 6.58. The van der Waals surface area contributed by atoms with E-state index in [0.717, 1.165) is 39.2 Å². The summed E-state index contributed by atoms with van der Waals surface area (Å²) in [6, 6.07) is 0. The van der Waals surface area contributed by atoms with Crippen LogP contribution in [0.1, 0.15) is 29.8 Å². The Morgan fingerprint density at radius 3 is 2.86 bits per heavy atom. The Labute approximate surface area is 125 Å². The average Bonchev–Trinajstić information content (AvgIpc) is 3.06. The van der Waals surface area contributed by atoms with Gasteiger partial charge in [-0.15, -0.1) is 0 Å². The molecule has 0 bridgehead atoms. The van der Waals surface area contributed by atoms with Crippen LogP contribution in [0.25, 0.3) is 0 Å². The molecule has 0 saturated carbocycles. The SMILES string of the molecule is Cn1cncc1C(=O)N1CCCO[C@H](CN2CCCC2)C1. The van der Waals surface area contributed by atoms with Crippen molar-refractivity contribution in [1.29, 1.82) is 0 Å². The minimum absolute atomic E-state index is 0.0620. The average molecular weight is 292 g/mol. The molecule has 0 aliphatic carbocycles. The van der Waals surface area contributed by atoms with Crippen LogP contribution in [-0.4, -0.2) is 70.7 Å². The van der Waals surface area contributed by atoms with Gasteiger partial charge >= 0.3 is 0 Å². The lowest BCUT2D eigenvalue weighted by atomic mass is 10.2. The van der Waals surface area contributed by atoms with Crippen LogP contribution in [-0.2, 0) is 11.8 Å². The van der Waals surface area contributed by atoms with E-state index in [1.165, 1.54) is 12.8 Å². The third-order valence-corrected chi connectivity index (χ3v) is 4.33. The minimum Gasteiger partial charge on any atom is -0.375 e. The van der Waals surface area contributed by atoms with Crippen LogP contribution in [0.5, 0.6) is 0 Å². The van der Waals surface area contributed by atoms with Crippen molar-refractivity contribution in [3.8, 4) is 0 Å². The molecule has 2 fully saturated rings. The summed E-state index contributed by atoms with van der Waals surface area (Å²) in [7, 11) is 1.86. The topological polar surface area (TPSA) is 50.6 Å². The Kier molecular flexibility index (Phi) is 4.55. The second-order valence-corrected chi connectivity index (χ2v) is 6.00. The minimum atomic E-state index is 0.0620. The number of aromatic nitrogens is 2. The van der Waals surface area contributed by atoms with Crippen LogP contribution in [0, 0.1) is 0 Å². The molecular weight excluding hydrogens is 268 g/mol. The van der Waals surface area contributed by atoms with Crippen LogP contribution in [0.2, 0.25) is 0 Å². The van der Waals surface area contributed by atoms with Gasteiger partial charge in [0.05, 0.1) is 18.6 Å². The van der Waals surface area contributed by atoms with Gasteiger partial charge in [-0.2, -0.15) is 0 Å². The molecule has 21 heavy (non-hydrogen) atoms. The molecule has 0 aromatic carbocycles. The van der Waals surface area contributed by atoms with Gasteiger partial charge in [-0.05, 0) is 32.4 Å². The van der Waals surface area contributed by atoms with Crippen LogP contribution >= 0.6 is 0 Å². The summed E-state index contributed by atoms with van der Waals surface area (Å²) in [6.07, 6.45) is 6.91. The summed E-state index contributed by atoms with van der Waals surface area (Å²) >= 11 is 0. The highest BCUT2D eigenvalue weighted by Gasteiger charge is 2.26. The second-order valence-electron chi connectivity index (χ2n) is 6.00. The maximum atomic E-state index is 12.6. The normalized spacial score (nSPS) is 24.2. The van der Waals surface area contributed by atoms with Gasteiger partial charge in [0, 0.05) is 33.3 Å². The van der Waals surface area contributed by atoms with E-state index in [-0.39, 0.29) is 12.0 Å². The largest absolute Gasteiger partial charge is 0.375 e. The number of rotatable bonds is 3. The zero-order chi connectivity index (χ0) is 14.7. The highest BCUT2D eigenvalue weighted by atomic mass is 16.5. The molecule has 1 atom stereocenters. The molecule has 0 radical (unpaired) electrons. The summed E-state index contributed by atoms with van der Waals surface area (Å²) in [5.41, 5.74) is 0.650. The maximum absolute atomic E-state index is 12.6. The molecule has 1 aromatic heterocycles. The van der Waals surface area contributed by atoms with Crippen molar-refractivity contribution < 1.29 is 9.53 Å². The molecule has 116 valence electrons. The first-order valence-electron chi connectivity index (χ1n) is 7.83. The Balaban J connectivity index is 1.64. The first kappa shape index (κ1) is 14.5. The molecule has 2 saturated heterocycles. The maximum Gasteiger partial charge on any atom is 0.272 e. The Hall–Kier alpha value is -1.40. The fourth-order valence-corrected chi connectivity index (χ4v) is 3.17. The fourth-order valence-electron chi connectivity index (χ4n) is 3.17. The number of hydrogen-bond acceptors (Lipinski definition) is 4. The molecule has 2 aliphatic heterocycles. The summed E-state index contributed by atoms with van der Waals surface area (Å²) < 4.78 is 7.72. The molecule has 6 nitrogen and oxygen atoms in total. The lowest BCUT2D eigenvalue weighted by molar-refractivity contribution is 0.0295. The van der Waals surface area contributed by atoms with Crippen molar-refractivity contribution in [3.05, 3.63) is 18.2 Å². The van der Waals surface area contributed by atoms with E-state index in [9.17, 15) is 4.79 Å². The predicted molar refractivity (Wildman–Crippen MR) is 79.1 cm³/mol. The lowest BCUT2D eigenvalue weighted by Gasteiger charge is -2.27. The van der Waals surface area contributed by atoms with Crippen LogP contribution in [0.15, 0.2) is 12.5 Å². The number of carbonyl (C=O) groups excluding carboxylic acids is 1. The molecule has 0 N–H and O–H groups in total. The molecule has 6 heteroatoms. The number of imidazole rings is 1. The Morgan fingerprint density at radius 1 is 1.33 bits per heavy atom. The smallest absolute Gasteiger partial charge is 0.272 e. The van der Waals surface area contributed by atoms with Crippen molar-refractivity contribution in [1.82, 2.24) is 19.4 Å². The number of likely N-dealkylation sites (tertiary alicyclic amines) is 1. The van der Waals surface area contributed by atoms with E-state index in [2.05, 4.69) is 9.88 Å². The summed E-state index contributed by atoms with van der Waals surface area (Å²) in [5.74, 6) is 0.0620. The summed E-state index contributed by atoms with van der Waals surface area (Å²) in [6.45, 7) is 5.45. The quantitative estimate of drug-likeness (QED) is 0.825. The van der Waals surface area contributed by atoms with Crippen LogP contribution < -0.4 is 0 Å². The molecule has 2 aliphatic rings. The highest BCUT2D eigenvalue weighted by molar-refractivity contribution is 5.92. The number of nitrogens with zero attached hydrogens (tertiary/aromatic N) is 4. The predicted octanol–water partition coefficient (Wildman–Crippen LogP) is 0.747. The van der Waals surface area contributed by atoms with E-state index in [0.29, 0.717) is 12.2 Å². The van der Waals surface area contributed by atoms with Crippen molar-refractivity contribution in [2.45, 2.75) is 25.4 Å². The zero-order valence-electron chi connectivity index (χ0n) is 12.7. The van der Waals surface area contributed by atoms with Crippen molar-refractivity contribution in [2.24, 2.45) is 7.05 Å². The number of ether oxygens (including phenoxy) is 1. The molecule has 1 amide bonds. The van der Waals surface area contributed by atoms with Gasteiger partial charge in [0.25, 0.3) is 5.91 Å². The molecule has 0 spiro atoms. The van der Waals surface area contributed by atoms with E-state index >= 15 is 0 Å². The molecule has 3 heterocycles. The third kappa shape index (κ3) is 3.44. The zero-order valence-corrected chi connectivity index (χ0v) is 12.7. The number of carbonyl (C=O) groups is 1. The monoisotopic (exact) mass is 292 g/mol. The van der Waals surface area contributed by atoms with E-state index in [1.54, 1.807) is 17.1 Å². The van der Waals surface area contributed by atoms with Gasteiger partial charge < -0.3 is 19.1 Å². The van der Waals surface area contributed by atoms with Crippen molar-refractivity contribution in [3.63, 3.8) is 0 Å².